The number of carbonyl (C=O) groups excluding carboxylic acids is 1. The highest BCUT2D eigenvalue weighted by Gasteiger charge is 2.13. The lowest BCUT2D eigenvalue weighted by atomic mass is 10.1. The third kappa shape index (κ3) is 4.23. The van der Waals surface area contributed by atoms with E-state index in [2.05, 4.69) is 5.32 Å². The number of benzene rings is 2. The third-order valence-corrected chi connectivity index (χ3v) is 3.42. The Labute approximate surface area is 148 Å². The number of phenolic OH excluding ortho intramolecular Hbond substituents is 2. The van der Waals surface area contributed by atoms with Crippen LogP contribution < -0.4 is 14.8 Å². The summed E-state index contributed by atoms with van der Waals surface area (Å²) in [7, 11) is 2.76. The summed E-state index contributed by atoms with van der Waals surface area (Å²) in [6.07, 6.45) is 2.63. The van der Waals surface area contributed by atoms with Crippen LogP contribution in [0.5, 0.6) is 23.0 Å². The van der Waals surface area contributed by atoms with E-state index in [9.17, 15) is 19.8 Å². The fraction of sp³-hybridized carbons (Fsp3) is 0.111. The largest absolute Gasteiger partial charge is 0.508 e. The molecule has 2 rings (SSSR count). The Kier molecular flexibility index (Phi) is 5.69. The van der Waals surface area contributed by atoms with E-state index in [-0.39, 0.29) is 34.2 Å². The van der Waals surface area contributed by atoms with Gasteiger partial charge >= 0.3 is 5.97 Å². The van der Waals surface area contributed by atoms with Crippen molar-refractivity contribution in [3.63, 3.8) is 0 Å². The van der Waals surface area contributed by atoms with Crippen LogP contribution in [0.3, 0.4) is 0 Å². The van der Waals surface area contributed by atoms with Crippen molar-refractivity contribution in [2.24, 2.45) is 0 Å². The number of ether oxygens (including phenoxy) is 2. The van der Waals surface area contributed by atoms with E-state index in [1.165, 1.54) is 50.6 Å². The molecule has 0 saturated heterocycles. The van der Waals surface area contributed by atoms with Crippen molar-refractivity contribution in [3.8, 4) is 23.0 Å². The Morgan fingerprint density at radius 3 is 2.19 bits per heavy atom. The minimum Gasteiger partial charge on any atom is -0.508 e. The zero-order valence-electron chi connectivity index (χ0n) is 14.0. The molecule has 0 radical (unpaired) electrons. The molecule has 2 aromatic rings. The Morgan fingerprint density at radius 1 is 1.04 bits per heavy atom. The van der Waals surface area contributed by atoms with E-state index in [4.69, 9.17) is 14.6 Å². The highest BCUT2D eigenvalue weighted by molar-refractivity contribution is 6.06. The smallest absolute Gasteiger partial charge is 0.337 e. The maximum Gasteiger partial charge on any atom is 0.337 e. The first-order valence-corrected chi connectivity index (χ1v) is 7.36. The molecule has 0 aromatic heterocycles. The molecule has 0 spiro atoms. The van der Waals surface area contributed by atoms with Gasteiger partial charge in [-0.3, -0.25) is 4.79 Å². The number of hydrogen-bond acceptors (Lipinski definition) is 6. The SMILES string of the molecule is COc1cc(C=CC(=O)Nc2ccc(O)cc2C(=O)O)cc(OC)c1O. The molecule has 136 valence electrons. The quantitative estimate of drug-likeness (QED) is 0.461. The maximum absolute atomic E-state index is 12.1. The predicted molar refractivity (Wildman–Crippen MR) is 93.9 cm³/mol. The Morgan fingerprint density at radius 2 is 1.65 bits per heavy atom. The molecule has 0 bridgehead atoms. The van der Waals surface area contributed by atoms with Crippen molar-refractivity contribution in [1.82, 2.24) is 0 Å². The summed E-state index contributed by atoms with van der Waals surface area (Å²) in [4.78, 5) is 23.2. The number of aromatic carboxylic acids is 1. The molecule has 8 heteroatoms. The number of methoxy groups -OCH3 is 2. The number of carboxylic acids is 1. The summed E-state index contributed by atoms with van der Waals surface area (Å²) in [5, 5.41) is 30.8. The van der Waals surface area contributed by atoms with Gasteiger partial charge < -0.3 is 30.1 Å². The van der Waals surface area contributed by atoms with Crippen LogP contribution in [0, 0.1) is 0 Å². The third-order valence-electron chi connectivity index (χ3n) is 3.42. The molecule has 0 saturated carbocycles. The molecule has 2 aromatic carbocycles. The average Bonchev–Trinajstić information content (AvgIpc) is 2.62. The molecule has 0 fully saturated rings. The van der Waals surface area contributed by atoms with Gasteiger partial charge in [-0.15, -0.1) is 0 Å². The first-order valence-electron chi connectivity index (χ1n) is 7.36. The summed E-state index contributed by atoms with van der Waals surface area (Å²) in [6, 6.07) is 6.60. The number of carboxylic acid groups (broad SMARTS) is 1. The van der Waals surface area contributed by atoms with Crippen molar-refractivity contribution < 1.29 is 34.4 Å². The fourth-order valence-corrected chi connectivity index (χ4v) is 2.17. The highest BCUT2D eigenvalue weighted by atomic mass is 16.5. The normalized spacial score (nSPS) is 10.5. The lowest BCUT2D eigenvalue weighted by Gasteiger charge is -2.09. The van der Waals surface area contributed by atoms with Crippen LogP contribution in [0.4, 0.5) is 5.69 Å². The van der Waals surface area contributed by atoms with Crippen molar-refractivity contribution in [2.75, 3.05) is 19.5 Å². The van der Waals surface area contributed by atoms with Gasteiger partial charge in [0.2, 0.25) is 11.7 Å². The summed E-state index contributed by atoms with van der Waals surface area (Å²) in [6.45, 7) is 0. The highest BCUT2D eigenvalue weighted by Crippen LogP contribution is 2.37. The number of phenols is 2. The average molecular weight is 359 g/mol. The van der Waals surface area contributed by atoms with Gasteiger partial charge in [-0.2, -0.15) is 0 Å². The Bertz CT molecular complexity index is 849. The fourth-order valence-electron chi connectivity index (χ4n) is 2.17. The minimum atomic E-state index is -1.28. The molecular formula is C18H17NO7. The van der Waals surface area contributed by atoms with Crippen molar-refractivity contribution in [3.05, 3.63) is 47.5 Å². The van der Waals surface area contributed by atoms with Gasteiger partial charge in [-0.05, 0) is 42.0 Å². The van der Waals surface area contributed by atoms with Crippen LogP contribution in [0.1, 0.15) is 15.9 Å². The van der Waals surface area contributed by atoms with Gasteiger partial charge in [0.1, 0.15) is 5.75 Å². The van der Waals surface area contributed by atoms with Gasteiger partial charge in [-0.1, -0.05) is 0 Å². The number of amides is 1. The number of nitrogens with one attached hydrogen (secondary N) is 1. The summed E-state index contributed by atoms with van der Waals surface area (Å²) < 4.78 is 10.1. The van der Waals surface area contributed by atoms with E-state index in [0.717, 1.165) is 6.07 Å². The lowest BCUT2D eigenvalue weighted by molar-refractivity contribution is -0.111. The van der Waals surface area contributed by atoms with E-state index >= 15 is 0 Å². The van der Waals surface area contributed by atoms with Crippen molar-refractivity contribution >= 4 is 23.6 Å². The second-order valence-corrected chi connectivity index (χ2v) is 5.13. The Hall–Kier alpha value is -3.68. The second-order valence-electron chi connectivity index (χ2n) is 5.13. The standard InChI is InChI=1S/C18H17NO7/c1-25-14-7-10(8-15(26-2)17(14)22)3-6-16(21)19-13-5-4-11(20)9-12(13)18(23)24/h3-9,20,22H,1-2H3,(H,19,21)(H,23,24). The zero-order chi connectivity index (χ0) is 19.3. The first kappa shape index (κ1) is 18.7. The molecule has 26 heavy (non-hydrogen) atoms. The molecule has 0 aliphatic carbocycles. The maximum atomic E-state index is 12.1. The van der Waals surface area contributed by atoms with Gasteiger partial charge in [0.15, 0.2) is 11.5 Å². The van der Waals surface area contributed by atoms with Crippen molar-refractivity contribution in [2.45, 2.75) is 0 Å². The number of rotatable bonds is 6. The van der Waals surface area contributed by atoms with Gasteiger partial charge in [0, 0.05) is 6.08 Å². The van der Waals surface area contributed by atoms with E-state index in [1.807, 2.05) is 0 Å². The van der Waals surface area contributed by atoms with Gasteiger partial charge in [-0.25, -0.2) is 4.79 Å². The van der Waals surface area contributed by atoms with Crippen LogP contribution in [-0.2, 0) is 4.79 Å². The molecule has 0 heterocycles. The molecule has 4 N–H and O–H groups in total. The van der Waals surface area contributed by atoms with Crippen molar-refractivity contribution in [1.29, 1.82) is 0 Å². The van der Waals surface area contributed by atoms with Gasteiger partial charge in [0.05, 0.1) is 25.5 Å². The number of carbonyl (C=O) groups is 2. The van der Waals surface area contributed by atoms with Crippen LogP contribution in [-0.4, -0.2) is 41.4 Å². The number of aromatic hydroxyl groups is 2. The van der Waals surface area contributed by atoms with E-state index in [1.54, 1.807) is 0 Å². The zero-order valence-corrected chi connectivity index (χ0v) is 14.0. The molecule has 0 aliphatic heterocycles. The second kappa shape index (κ2) is 7.93. The van der Waals surface area contributed by atoms with E-state index < -0.39 is 11.9 Å². The van der Waals surface area contributed by atoms with E-state index in [0.29, 0.717) is 5.56 Å². The van der Waals surface area contributed by atoms with Crippen LogP contribution in [0.15, 0.2) is 36.4 Å². The Balaban J connectivity index is 2.22. The molecule has 0 unspecified atom stereocenters. The van der Waals surface area contributed by atoms with Crippen LogP contribution in [0.2, 0.25) is 0 Å². The van der Waals surface area contributed by atoms with Crippen LogP contribution in [0.25, 0.3) is 6.08 Å². The summed E-state index contributed by atoms with van der Waals surface area (Å²) in [5.41, 5.74) is 0.335. The first-order chi connectivity index (χ1) is 12.3. The molecule has 8 nitrogen and oxygen atoms in total. The molecule has 0 aliphatic rings. The molecule has 0 atom stereocenters. The number of anilines is 1. The summed E-state index contributed by atoms with van der Waals surface area (Å²) in [5.74, 6) is -1.89. The van der Waals surface area contributed by atoms with Gasteiger partial charge in [0.25, 0.3) is 0 Å². The monoisotopic (exact) mass is 359 g/mol. The summed E-state index contributed by atoms with van der Waals surface area (Å²) >= 11 is 0. The molecular weight excluding hydrogens is 342 g/mol. The van der Waals surface area contributed by atoms with Crippen LogP contribution >= 0.6 is 0 Å². The molecule has 1 amide bonds. The number of hydrogen-bond donors (Lipinski definition) is 4. The lowest BCUT2D eigenvalue weighted by Crippen LogP contribution is -2.11. The predicted octanol–water partition coefficient (Wildman–Crippen LogP) is 2.47. The minimum absolute atomic E-state index is 0.0471. The topological polar surface area (TPSA) is 125 Å².